The van der Waals surface area contributed by atoms with Gasteiger partial charge in [-0.15, -0.1) is 0 Å². The van der Waals surface area contributed by atoms with Crippen LogP contribution in [0.15, 0.2) is 24.3 Å². The second-order valence-electron chi connectivity index (χ2n) is 4.94. The van der Waals surface area contributed by atoms with E-state index in [1.54, 1.807) is 6.92 Å². The Hall–Kier alpha value is -0.350. The Labute approximate surface area is 118 Å². The van der Waals surface area contributed by atoms with E-state index in [9.17, 15) is 8.42 Å². The molecule has 1 aliphatic rings. The summed E-state index contributed by atoms with van der Waals surface area (Å²) >= 11 is 3.75. The number of sulfone groups is 1. The monoisotopic (exact) mass is 330 g/mol. The molecule has 0 radical (unpaired) electrons. The lowest BCUT2D eigenvalue weighted by Gasteiger charge is -2.14. The molecule has 0 fully saturated rings. The number of alkyl halides is 1. The van der Waals surface area contributed by atoms with Gasteiger partial charge in [0.05, 0.1) is 5.75 Å². The molecule has 100 valence electrons. The number of halogens is 1. The van der Waals surface area contributed by atoms with Gasteiger partial charge in [0.25, 0.3) is 0 Å². The van der Waals surface area contributed by atoms with Gasteiger partial charge in [0.15, 0.2) is 0 Å². The van der Waals surface area contributed by atoms with Crippen LogP contribution in [-0.4, -0.2) is 19.9 Å². The molecule has 0 spiro atoms. The van der Waals surface area contributed by atoms with Gasteiger partial charge >= 0.3 is 0 Å². The first kappa shape index (κ1) is 14.1. The summed E-state index contributed by atoms with van der Waals surface area (Å²) in [6, 6.07) is 8.48. The van der Waals surface area contributed by atoms with Gasteiger partial charge in [-0.2, -0.15) is 0 Å². The van der Waals surface area contributed by atoms with Crippen LogP contribution in [-0.2, 0) is 16.3 Å². The maximum Gasteiger partial charge on any atom is 0.150 e. The highest BCUT2D eigenvalue weighted by molar-refractivity contribution is 9.09. The molecule has 2 nitrogen and oxygen atoms in total. The minimum Gasteiger partial charge on any atom is -0.229 e. The fourth-order valence-electron chi connectivity index (χ4n) is 2.59. The van der Waals surface area contributed by atoms with E-state index in [4.69, 9.17) is 0 Å². The van der Waals surface area contributed by atoms with Crippen molar-refractivity contribution in [1.82, 2.24) is 0 Å². The van der Waals surface area contributed by atoms with E-state index in [1.165, 1.54) is 11.1 Å². The third kappa shape index (κ3) is 3.15. The Kier molecular flexibility index (Phi) is 4.49. The van der Waals surface area contributed by atoms with Crippen molar-refractivity contribution in [3.05, 3.63) is 35.4 Å². The number of fused-ring (bicyclic) bond motifs is 1. The van der Waals surface area contributed by atoms with Gasteiger partial charge < -0.3 is 0 Å². The molecular formula is C14H19BrO2S. The lowest BCUT2D eigenvalue weighted by atomic mass is 10.0. The summed E-state index contributed by atoms with van der Waals surface area (Å²) in [5, 5.41) is 0. The fraction of sp³-hybridized carbons (Fsp3) is 0.571. The van der Waals surface area contributed by atoms with Crippen LogP contribution in [0.25, 0.3) is 0 Å². The molecule has 2 unspecified atom stereocenters. The molecule has 0 aromatic heterocycles. The summed E-state index contributed by atoms with van der Waals surface area (Å²) in [4.78, 5) is 0.387. The van der Waals surface area contributed by atoms with Crippen LogP contribution in [0.3, 0.4) is 0 Å². The standard InChI is InChI=1S/C14H19BrO2S/c1-2-18(16,17)9-5-7-12-10-11-6-3-4-8-13(11)14(12)15/h3-4,6,8,12,14H,2,5,7,9-10H2,1H3. The summed E-state index contributed by atoms with van der Waals surface area (Å²) in [5.74, 6) is 1.13. The van der Waals surface area contributed by atoms with Crippen LogP contribution in [0.1, 0.15) is 35.7 Å². The van der Waals surface area contributed by atoms with Gasteiger partial charge in [-0.25, -0.2) is 8.42 Å². The molecule has 0 saturated carbocycles. The second kappa shape index (κ2) is 5.74. The van der Waals surface area contributed by atoms with Gasteiger partial charge in [0.2, 0.25) is 0 Å². The van der Waals surface area contributed by atoms with E-state index < -0.39 is 9.84 Å². The molecule has 0 amide bonds. The van der Waals surface area contributed by atoms with Crippen molar-refractivity contribution in [2.75, 3.05) is 11.5 Å². The minimum absolute atomic E-state index is 0.260. The Morgan fingerprint density at radius 3 is 2.72 bits per heavy atom. The number of hydrogen-bond acceptors (Lipinski definition) is 2. The molecule has 1 aromatic carbocycles. The SMILES string of the molecule is CCS(=O)(=O)CCCC1Cc2ccccc2C1Br. The van der Waals surface area contributed by atoms with Gasteiger partial charge in [-0.05, 0) is 36.3 Å². The Bertz CT molecular complexity index is 510. The molecule has 1 aliphatic carbocycles. The third-order valence-electron chi connectivity index (χ3n) is 3.72. The lowest BCUT2D eigenvalue weighted by molar-refractivity contribution is 0.501. The van der Waals surface area contributed by atoms with Crippen LogP contribution in [0.4, 0.5) is 0 Å². The first-order valence-electron chi connectivity index (χ1n) is 6.46. The summed E-state index contributed by atoms with van der Waals surface area (Å²) < 4.78 is 22.9. The van der Waals surface area contributed by atoms with Crippen molar-refractivity contribution in [1.29, 1.82) is 0 Å². The minimum atomic E-state index is -2.81. The molecule has 4 heteroatoms. The zero-order valence-electron chi connectivity index (χ0n) is 10.6. The Morgan fingerprint density at radius 2 is 2.06 bits per heavy atom. The average Bonchev–Trinajstić information content (AvgIpc) is 2.67. The van der Waals surface area contributed by atoms with Gasteiger partial charge in [-0.3, -0.25) is 0 Å². The van der Waals surface area contributed by atoms with E-state index in [0.29, 0.717) is 16.5 Å². The third-order valence-corrected chi connectivity index (χ3v) is 6.75. The molecule has 0 heterocycles. The van der Waals surface area contributed by atoms with Crippen LogP contribution < -0.4 is 0 Å². The quantitative estimate of drug-likeness (QED) is 0.774. The summed E-state index contributed by atoms with van der Waals surface area (Å²) in [6.07, 6.45) is 2.82. The first-order valence-corrected chi connectivity index (χ1v) is 9.19. The highest BCUT2D eigenvalue weighted by Gasteiger charge is 2.29. The summed E-state index contributed by atoms with van der Waals surface area (Å²) in [5.41, 5.74) is 2.78. The molecule has 2 atom stereocenters. The van der Waals surface area contributed by atoms with Crippen LogP contribution in [0, 0.1) is 5.92 Å². The first-order chi connectivity index (χ1) is 8.53. The Balaban J connectivity index is 1.91. The second-order valence-corrected chi connectivity index (χ2v) is 8.40. The van der Waals surface area contributed by atoms with E-state index in [-0.39, 0.29) is 5.75 Å². The van der Waals surface area contributed by atoms with Crippen molar-refractivity contribution in [3.63, 3.8) is 0 Å². The van der Waals surface area contributed by atoms with Crippen LogP contribution in [0.5, 0.6) is 0 Å². The van der Waals surface area contributed by atoms with E-state index in [0.717, 1.165) is 19.3 Å². The molecule has 18 heavy (non-hydrogen) atoms. The molecular weight excluding hydrogens is 312 g/mol. The maximum atomic E-state index is 11.5. The topological polar surface area (TPSA) is 34.1 Å². The van der Waals surface area contributed by atoms with Gasteiger partial charge in [0.1, 0.15) is 9.84 Å². The van der Waals surface area contributed by atoms with Crippen molar-refractivity contribution in [3.8, 4) is 0 Å². The highest BCUT2D eigenvalue weighted by Crippen LogP contribution is 2.44. The van der Waals surface area contributed by atoms with E-state index in [2.05, 4.69) is 40.2 Å². The normalized spacial score (nSPS) is 23.0. The predicted molar refractivity (Wildman–Crippen MR) is 78.9 cm³/mol. The molecule has 2 rings (SSSR count). The van der Waals surface area contributed by atoms with E-state index >= 15 is 0 Å². The number of rotatable bonds is 5. The van der Waals surface area contributed by atoms with Gasteiger partial charge in [0, 0.05) is 10.6 Å². The van der Waals surface area contributed by atoms with Crippen molar-refractivity contribution in [2.45, 2.75) is 31.0 Å². The van der Waals surface area contributed by atoms with Gasteiger partial charge in [-0.1, -0.05) is 47.1 Å². The number of hydrogen-bond donors (Lipinski definition) is 0. The molecule has 0 N–H and O–H groups in total. The number of benzene rings is 1. The molecule has 0 bridgehead atoms. The zero-order chi connectivity index (χ0) is 13.2. The summed E-state index contributed by atoms with van der Waals surface area (Å²) in [6.45, 7) is 1.72. The lowest BCUT2D eigenvalue weighted by Crippen LogP contribution is -2.11. The molecule has 0 aliphatic heterocycles. The Morgan fingerprint density at radius 1 is 1.33 bits per heavy atom. The van der Waals surface area contributed by atoms with Crippen molar-refractivity contribution < 1.29 is 8.42 Å². The van der Waals surface area contributed by atoms with Crippen molar-refractivity contribution in [2.24, 2.45) is 5.92 Å². The fourth-order valence-corrected chi connectivity index (χ4v) is 4.38. The molecule has 1 aromatic rings. The summed E-state index contributed by atoms with van der Waals surface area (Å²) in [7, 11) is -2.81. The average molecular weight is 331 g/mol. The van der Waals surface area contributed by atoms with Crippen LogP contribution in [0.2, 0.25) is 0 Å². The van der Waals surface area contributed by atoms with Crippen molar-refractivity contribution >= 4 is 25.8 Å². The maximum absolute atomic E-state index is 11.5. The highest BCUT2D eigenvalue weighted by atomic mass is 79.9. The largest absolute Gasteiger partial charge is 0.229 e. The van der Waals surface area contributed by atoms with Crippen LogP contribution >= 0.6 is 15.9 Å². The predicted octanol–water partition coefficient (Wildman–Crippen LogP) is 3.51. The van der Waals surface area contributed by atoms with E-state index in [1.807, 2.05) is 0 Å². The molecule has 0 saturated heterocycles. The smallest absolute Gasteiger partial charge is 0.150 e. The zero-order valence-corrected chi connectivity index (χ0v) is 13.0.